The zero-order valence-corrected chi connectivity index (χ0v) is 9.08. The van der Waals surface area contributed by atoms with Gasteiger partial charge in [-0.1, -0.05) is 19.8 Å². The van der Waals surface area contributed by atoms with Crippen molar-refractivity contribution in [2.75, 3.05) is 6.61 Å². The Morgan fingerprint density at radius 3 is 2.64 bits per heavy atom. The van der Waals surface area contributed by atoms with Gasteiger partial charge in [0.05, 0.1) is 18.6 Å². The summed E-state index contributed by atoms with van der Waals surface area (Å²) < 4.78 is 4.95. The molecule has 0 heterocycles. The number of esters is 1. The summed E-state index contributed by atoms with van der Waals surface area (Å²) in [7, 11) is 0. The SMILES string of the molecule is CCCCC(CCC#N)C(=O)OCC. The van der Waals surface area contributed by atoms with Crippen molar-refractivity contribution in [3.63, 3.8) is 0 Å². The Hall–Kier alpha value is -1.04. The number of hydrogen-bond acceptors (Lipinski definition) is 3. The number of carbonyl (C=O) groups is 1. The van der Waals surface area contributed by atoms with Crippen LogP contribution in [0.4, 0.5) is 0 Å². The molecular formula is C11H19NO2. The third-order valence-corrected chi connectivity index (χ3v) is 2.13. The normalized spacial score (nSPS) is 11.8. The van der Waals surface area contributed by atoms with E-state index in [1.165, 1.54) is 0 Å². The highest BCUT2D eigenvalue weighted by Gasteiger charge is 2.18. The van der Waals surface area contributed by atoms with E-state index in [0.29, 0.717) is 19.4 Å². The lowest BCUT2D eigenvalue weighted by Crippen LogP contribution is -2.17. The van der Waals surface area contributed by atoms with E-state index in [4.69, 9.17) is 10.00 Å². The first-order chi connectivity index (χ1) is 6.76. The van der Waals surface area contributed by atoms with Gasteiger partial charge in [-0.3, -0.25) is 4.79 Å². The second kappa shape index (κ2) is 8.55. The molecule has 0 spiro atoms. The minimum absolute atomic E-state index is 0.0745. The van der Waals surface area contributed by atoms with Gasteiger partial charge in [-0.05, 0) is 19.8 Å². The van der Waals surface area contributed by atoms with Crippen molar-refractivity contribution in [2.45, 2.75) is 46.0 Å². The number of hydrogen-bond donors (Lipinski definition) is 0. The molecule has 0 bridgehead atoms. The number of nitrogens with zero attached hydrogens (tertiary/aromatic N) is 1. The van der Waals surface area contributed by atoms with Crippen molar-refractivity contribution in [1.29, 1.82) is 5.26 Å². The second-order valence-electron chi connectivity index (χ2n) is 3.29. The summed E-state index contributed by atoms with van der Waals surface area (Å²) in [5, 5.41) is 8.45. The average molecular weight is 197 g/mol. The van der Waals surface area contributed by atoms with E-state index in [9.17, 15) is 4.79 Å². The van der Waals surface area contributed by atoms with E-state index < -0.39 is 0 Å². The van der Waals surface area contributed by atoms with Crippen LogP contribution >= 0.6 is 0 Å². The Morgan fingerprint density at radius 2 is 2.14 bits per heavy atom. The van der Waals surface area contributed by atoms with Gasteiger partial charge >= 0.3 is 5.97 Å². The molecule has 0 aliphatic heterocycles. The van der Waals surface area contributed by atoms with Crippen LogP contribution in [-0.4, -0.2) is 12.6 Å². The first-order valence-electron chi connectivity index (χ1n) is 5.29. The fraction of sp³-hybridized carbons (Fsp3) is 0.818. The third-order valence-electron chi connectivity index (χ3n) is 2.13. The summed E-state index contributed by atoms with van der Waals surface area (Å²) in [4.78, 5) is 11.4. The number of carbonyl (C=O) groups excluding carboxylic acids is 1. The van der Waals surface area contributed by atoms with Gasteiger partial charge in [-0.2, -0.15) is 5.26 Å². The Bertz CT molecular complexity index is 196. The van der Waals surface area contributed by atoms with E-state index in [0.717, 1.165) is 19.3 Å². The molecule has 1 atom stereocenters. The molecule has 0 aromatic heterocycles. The lowest BCUT2D eigenvalue weighted by atomic mass is 9.97. The van der Waals surface area contributed by atoms with Gasteiger partial charge in [0.15, 0.2) is 0 Å². The average Bonchev–Trinajstić information content (AvgIpc) is 2.18. The van der Waals surface area contributed by atoms with E-state index >= 15 is 0 Å². The van der Waals surface area contributed by atoms with Gasteiger partial charge in [-0.15, -0.1) is 0 Å². The van der Waals surface area contributed by atoms with Crippen LogP contribution in [0.5, 0.6) is 0 Å². The quantitative estimate of drug-likeness (QED) is 0.589. The standard InChI is InChI=1S/C11H19NO2/c1-3-5-7-10(8-6-9-12)11(13)14-4-2/h10H,3-8H2,1-2H3. The molecule has 0 N–H and O–H groups in total. The number of rotatable bonds is 7. The Balaban J connectivity index is 3.95. The van der Waals surface area contributed by atoms with Crippen LogP contribution in [0, 0.1) is 17.2 Å². The van der Waals surface area contributed by atoms with Gasteiger partial charge in [-0.25, -0.2) is 0 Å². The predicted molar refractivity (Wildman–Crippen MR) is 54.5 cm³/mol. The Morgan fingerprint density at radius 1 is 1.43 bits per heavy atom. The summed E-state index contributed by atoms with van der Waals surface area (Å²) >= 11 is 0. The van der Waals surface area contributed by atoms with Crippen molar-refractivity contribution in [3.05, 3.63) is 0 Å². The topological polar surface area (TPSA) is 50.1 Å². The van der Waals surface area contributed by atoms with E-state index in [2.05, 4.69) is 13.0 Å². The lowest BCUT2D eigenvalue weighted by molar-refractivity contribution is -0.148. The summed E-state index contributed by atoms with van der Waals surface area (Å²) in [6.45, 7) is 4.32. The molecule has 0 rings (SSSR count). The predicted octanol–water partition coefficient (Wildman–Crippen LogP) is 2.66. The lowest BCUT2D eigenvalue weighted by Gasteiger charge is -2.13. The second-order valence-corrected chi connectivity index (χ2v) is 3.29. The van der Waals surface area contributed by atoms with Gasteiger partial charge in [0.2, 0.25) is 0 Å². The number of nitriles is 1. The fourth-order valence-electron chi connectivity index (χ4n) is 1.33. The highest BCUT2D eigenvalue weighted by atomic mass is 16.5. The van der Waals surface area contributed by atoms with Crippen LogP contribution in [0.25, 0.3) is 0 Å². The molecule has 0 aliphatic carbocycles. The number of ether oxygens (including phenoxy) is 1. The zero-order valence-electron chi connectivity index (χ0n) is 9.08. The molecule has 80 valence electrons. The molecule has 0 saturated heterocycles. The van der Waals surface area contributed by atoms with Crippen molar-refractivity contribution in [3.8, 4) is 6.07 Å². The largest absolute Gasteiger partial charge is 0.466 e. The minimum Gasteiger partial charge on any atom is -0.466 e. The molecule has 3 nitrogen and oxygen atoms in total. The molecule has 0 aromatic rings. The molecule has 0 radical (unpaired) electrons. The molecule has 3 heteroatoms. The monoisotopic (exact) mass is 197 g/mol. The first-order valence-corrected chi connectivity index (χ1v) is 5.29. The molecular weight excluding hydrogens is 178 g/mol. The van der Waals surface area contributed by atoms with Crippen molar-refractivity contribution >= 4 is 5.97 Å². The zero-order chi connectivity index (χ0) is 10.8. The van der Waals surface area contributed by atoms with Gasteiger partial charge < -0.3 is 4.74 Å². The van der Waals surface area contributed by atoms with Crippen molar-refractivity contribution < 1.29 is 9.53 Å². The molecule has 14 heavy (non-hydrogen) atoms. The highest BCUT2D eigenvalue weighted by Crippen LogP contribution is 2.16. The van der Waals surface area contributed by atoms with Crippen LogP contribution in [-0.2, 0) is 9.53 Å². The van der Waals surface area contributed by atoms with Gasteiger partial charge in [0.25, 0.3) is 0 Å². The van der Waals surface area contributed by atoms with Crippen molar-refractivity contribution in [1.82, 2.24) is 0 Å². The molecule has 0 aromatic carbocycles. The molecule has 0 amide bonds. The molecule has 0 aliphatic rings. The van der Waals surface area contributed by atoms with Crippen LogP contribution in [0.15, 0.2) is 0 Å². The minimum atomic E-state index is -0.142. The van der Waals surface area contributed by atoms with E-state index in [-0.39, 0.29) is 11.9 Å². The Kier molecular flexibility index (Phi) is 7.92. The molecule has 0 saturated carbocycles. The molecule has 0 fully saturated rings. The third kappa shape index (κ3) is 5.58. The summed E-state index contributed by atoms with van der Waals surface area (Å²) in [6.07, 6.45) is 4.01. The Labute approximate surface area is 86.1 Å². The molecule has 1 unspecified atom stereocenters. The van der Waals surface area contributed by atoms with Gasteiger partial charge in [0, 0.05) is 6.42 Å². The highest BCUT2D eigenvalue weighted by molar-refractivity contribution is 5.72. The summed E-state index contributed by atoms with van der Waals surface area (Å²) in [6, 6.07) is 2.06. The van der Waals surface area contributed by atoms with Crippen LogP contribution in [0.1, 0.15) is 46.0 Å². The summed E-state index contributed by atoms with van der Waals surface area (Å²) in [5.74, 6) is -0.217. The maximum Gasteiger partial charge on any atom is 0.308 e. The maximum absolute atomic E-state index is 11.4. The number of unbranched alkanes of at least 4 members (excludes halogenated alkanes) is 1. The van der Waals surface area contributed by atoms with Crippen molar-refractivity contribution in [2.24, 2.45) is 5.92 Å². The summed E-state index contributed by atoms with van der Waals surface area (Å²) in [5.41, 5.74) is 0. The van der Waals surface area contributed by atoms with E-state index in [1.807, 2.05) is 0 Å². The van der Waals surface area contributed by atoms with Crippen LogP contribution in [0.3, 0.4) is 0 Å². The fourth-order valence-corrected chi connectivity index (χ4v) is 1.33. The van der Waals surface area contributed by atoms with Crippen LogP contribution < -0.4 is 0 Å². The maximum atomic E-state index is 11.4. The van der Waals surface area contributed by atoms with Gasteiger partial charge in [0.1, 0.15) is 0 Å². The van der Waals surface area contributed by atoms with E-state index in [1.54, 1.807) is 6.92 Å². The first kappa shape index (κ1) is 13.0. The van der Waals surface area contributed by atoms with Crippen LogP contribution in [0.2, 0.25) is 0 Å². The smallest absolute Gasteiger partial charge is 0.308 e.